The normalized spacial score (nSPS) is 26.3. The first-order valence-corrected chi connectivity index (χ1v) is 8.56. The Morgan fingerprint density at radius 3 is 2.36 bits per heavy atom. The van der Waals surface area contributed by atoms with E-state index in [-0.39, 0.29) is 12.1 Å². The highest BCUT2D eigenvalue weighted by Crippen LogP contribution is 2.38. The van der Waals surface area contributed by atoms with Crippen molar-refractivity contribution in [2.24, 2.45) is 11.8 Å². The summed E-state index contributed by atoms with van der Waals surface area (Å²) in [6.07, 6.45) is 11.4. The van der Waals surface area contributed by atoms with Crippen molar-refractivity contribution in [3.63, 3.8) is 0 Å². The molecule has 2 fully saturated rings. The number of hydrogen-bond acceptors (Lipinski definition) is 3. The van der Waals surface area contributed by atoms with E-state index in [0.29, 0.717) is 11.4 Å². The lowest BCUT2D eigenvalue weighted by Gasteiger charge is -2.35. The van der Waals surface area contributed by atoms with E-state index >= 15 is 0 Å². The fourth-order valence-corrected chi connectivity index (χ4v) is 4.08. The highest BCUT2D eigenvalue weighted by atomic mass is 16.5. The number of nitrogens with zero attached hydrogens (tertiary/aromatic N) is 1. The maximum atomic E-state index is 12.1. The summed E-state index contributed by atoms with van der Waals surface area (Å²) < 4.78 is 5.59. The standard InChI is InChI=1S/C18H24N2O2/c19-12-15-8-11-17(20-15)18(21)22-16-9-6-14(7-10-16)13-4-2-1-3-5-13/h8,11,13-14,16,20H,1-7,9-10H2. The third-order valence-corrected chi connectivity index (χ3v) is 5.34. The molecular formula is C18H24N2O2. The molecule has 0 saturated heterocycles. The van der Waals surface area contributed by atoms with Gasteiger partial charge in [-0.1, -0.05) is 32.1 Å². The monoisotopic (exact) mass is 300 g/mol. The number of hydrogen-bond donors (Lipinski definition) is 1. The summed E-state index contributed by atoms with van der Waals surface area (Å²) in [4.78, 5) is 14.8. The summed E-state index contributed by atoms with van der Waals surface area (Å²) >= 11 is 0. The molecular weight excluding hydrogens is 276 g/mol. The minimum absolute atomic E-state index is 0.0428. The average Bonchev–Trinajstić information content (AvgIpc) is 3.06. The molecule has 1 aromatic heterocycles. The van der Waals surface area contributed by atoms with Gasteiger partial charge < -0.3 is 9.72 Å². The van der Waals surface area contributed by atoms with Gasteiger partial charge in [-0.05, 0) is 49.7 Å². The largest absolute Gasteiger partial charge is 0.458 e. The minimum atomic E-state index is -0.331. The third-order valence-electron chi connectivity index (χ3n) is 5.34. The van der Waals surface area contributed by atoms with Crippen molar-refractivity contribution in [2.75, 3.05) is 0 Å². The third kappa shape index (κ3) is 3.52. The smallest absolute Gasteiger partial charge is 0.355 e. The molecule has 0 unspecified atom stereocenters. The van der Waals surface area contributed by atoms with Gasteiger partial charge in [0.05, 0.1) is 0 Å². The van der Waals surface area contributed by atoms with Gasteiger partial charge in [-0.3, -0.25) is 0 Å². The van der Waals surface area contributed by atoms with Crippen molar-refractivity contribution >= 4 is 5.97 Å². The zero-order valence-corrected chi connectivity index (χ0v) is 13.0. The number of aromatic nitrogens is 1. The molecule has 0 spiro atoms. The van der Waals surface area contributed by atoms with Crippen LogP contribution in [0.25, 0.3) is 0 Å². The number of nitrogens with one attached hydrogen (secondary N) is 1. The number of H-pyrrole nitrogens is 1. The molecule has 0 aromatic carbocycles. The summed E-state index contributed by atoms with van der Waals surface area (Å²) in [5, 5.41) is 8.77. The van der Waals surface area contributed by atoms with E-state index < -0.39 is 0 Å². The Morgan fingerprint density at radius 1 is 1.05 bits per heavy atom. The van der Waals surface area contributed by atoms with Crippen LogP contribution >= 0.6 is 0 Å². The number of carbonyl (C=O) groups excluding carboxylic acids is 1. The molecule has 4 nitrogen and oxygen atoms in total. The van der Waals surface area contributed by atoms with E-state index in [1.54, 1.807) is 12.1 Å². The number of carbonyl (C=O) groups is 1. The van der Waals surface area contributed by atoms with Gasteiger partial charge in [-0.15, -0.1) is 0 Å². The average molecular weight is 300 g/mol. The Labute approximate surface area is 131 Å². The molecule has 1 heterocycles. The molecule has 0 amide bonds. The Balaban J connectivity index is 1.47. The number of ether oxygens (including phenoxy) is 1. The molecule has 2 saturated carbocycles. The van der Waals surface area contributed by atoms with E-state index in [4.69, 9.17) is 10.00 Å². The molecule has 2 aliphatic carbocycles. The lowest BCUT2D eigenvalue weighted by atomic mass is 9.73. The fourth-order valence-electron chi connectivity index (χ4n) is 4.08. The number of nitriles is 1. The SMILES string of the molecule is N#Cc1ccc(C(=O)OC2CCC(C3CCCCC3)CC2)[nH]1. The molecule has 118 valence electrons. The van der Waals surface area contributed by atoms with E-state index in [2.05, 4.69) is 4.98 Å². The highest BCUT2D eigenvalue weighted by molar-refractivity contribution is 5.87. The molecule has 4 heteroatoms. The number of esters is 1. The van der Waals surface area contributed by atoms with Crippen LogP contribution in [0.3, 0.4) is 0 Å². The van der Waals surface area contributed by atoms with Crippen LogP contribution in [-0.4, -0.2) is 17.1 Å². The Kier molecular flexibility index (Phi) is 4.82. The molecule has 2 aliphatic rings. The highest BCUT2D eigenvalue weighted by Gasteiger charge is 2.30. The molecule has 1 aromatic rings. The molecule has 0 bridgehead atoms. The quantitative estimate of drug-likeness (QED) is 0.851. The van der Waals surface area contributed by atoms with Gasteiger partial charge >= 0.3 is 5.97 Å². The van der Waals surface area contributed by atoms with Crippen molar-refractivity contribution in [1.29, 1.82) is 5.26 Å². The molecule has 1 N–H and O–H groups in total. The molecule has 3 rings (SSSR count). The minimum Gasteiger partial charge on any atom is -0.458 e. The molecule has 22 heavy (non-hydrogen) atoms. The predicted molar refractivity (Wildman–Crippen MR) is 83.2 cm³/mol. The second-order valence-electron chi connectivity index (χ2n) is 6.74. The van der Waals surface area contributed by atoms with Crippen LogP contribution in [0.5, 0.6) is 0 Å². The summed E-state index contributed by atoms with van der Waals surface area (Å²) in [6.45, 7) is 0. The van der Waals surface area contributed by atoms with Crippen molar-refractivity contribution < 1.29 is 9.53 Å². The van der Waals surface area contributed by atoms with Gasteiger partial charge in [0.15, 0.2) is 0 Å². The first-order valence-electron chi connectivity index (χ1n) is 8.56. The summed E-state index contributed by atoms with van der Waals surface area (Å²) in [7, 11) is 0. The Morgan fingerprint density at radius 2 is 1.73 bits per heavy atom. The molecule has 0 atom stereocenters. The van der Waals surface area contributed by atoms with Crippen LogP contribution in [0.1, 0.15) is 74.0 Å². The fraction of sp³-hybridized carbons (Fsp3) is 0.667. The Hall–Kier alpha value is -1.76. The topological polar surface area (TPSA) is 65.9 Å². The summed E-state index contributed by atoms with van der Waals surface area (Å²) in [5.41, 5.74) is 0.777. The van der Waals surface area contributed by atoms with E-state index in [1.807, 2.05) is 6.07 Å². The lowest BCUT2D eigenvalue weighted by Crippen LogP contribution is -2.28. The first-order chi connectivity index (χ1) is 10.8. The molecule has 0 radical (unpaired) electrons. The van der Waals surface area contributed by atoms with Gasteiger partial charge in [-0.25, -0.2) is 4.79 Å². The maximum Gasteiger partial charge on any atom is 0.355 e. The van der Waals surface area contributed by atoms with Gasteiger partial charge in [-0.2, -0.15) is 5.26 Å². The second-order valence-corrected chi connectivity index (χ2v) is 6.74. The molecule has 0 aliphatic heterocycles. The van der Waals surface area contributed by atoms with Crippen LogP contribution < -0.4 is 0 Å². The van der Waals surface area contributed by atoms with Crippen LogP contribution in [-0.2, 0) is 4.74 Å². The van der Waals surface area contributed by atoms with Gasteiger partial charge in [0.2, 0.25) is 0 Å². The van der Waals surface area contributed by atoms with E-state index in [0.717, 1.165) is 24.7 Å². The number of rotatable bonds is 3. The predicted octanol–water partition coefficient (Wildman–Crippen LogP) is 4.18. The van der Waals surface area contributed by atoms with Crippen LogP contribution in [0, 0.1) is 23.2 Å². The van der Waals surface area contributed by atoms with Gasteiger partial charge in [0, 0.05) is 0 Å². The van der Waals surface area contributed by atoms with Crippen molar-refractivity contribution in [1.82, 2.24) is 4.98 Å². The van der Waals surface area contributed by atoms with Gasteiger partial charge in [0.25, 0.3) is 0 Å². The van der Waals surface area contributed by atoms with Crippen molar-refractivity contribution in [2.45, 2.75) is 63.9 Å². The maximum absolute atomic E-state index is 12.1. The van der Waals surface area contributed by atoms with Crippen LogP contribution in [0.2, 0.25) is 0 Å². The van der Waals surface area contributed by atoms with Crippen LogP contribution in [0.4, 0.5) is 0 Å². The first kappa shape index (κ1) is 15.1. The van der Waals surface area contributed by atoms with Gasteiger partial charge in [0.1, 0.15) is 23.6 Å². The van der Waals surface area contributed by atoms with Crippen LogP contribution in [0.15, 0.2) is 12.1 Å². The zero-order valence-electron chi connectivity index (χ0n) is 13.0. The zero-order chi connectivity index (χ0) is 15.4. The summed E-state index contributed by atoms with van der Waals surface area (Å²) in [5.74, 6) is 1.42. The second kappa shape index (κ2) is 7.00. The Bertz CT molecular complexity index is 544. The lowest BCUT2D eigenvalue weighted by molar-refractivity contribution is 0.0112. The van der Waals surface area contributed by atoms with Crippen molar-refractivity contribution in [3.05, 3.63) is 23.5 Å². The number of aromatic amines is 1. The van der Waals surface area contributed by atoms with E-state index in [9.17, 15) is 4.79 Å². The summed E-state index contributed by atoms with van der Waals surface area (Å²) in [6, 6.07) is 5.21. The van der Waals surface area contributed by atoms with E-state index in [1.165, 1.54) is 44.9 Å². The van der Waals surface area contributed by atoms with Crippen molar-refractivity contribution in [3.8, 4) is 6.07 Å².